The van der Waals surface area contributed by atoms with Gasteiger partial charge in [0.1, 0.15) is 6.04 Å². The van der Waals surface area contributed by atoms with Crippen LogP contribution in [0.3, 0.4) is 0 Å². The molecule has 5 nitrogen and oxygen atoms in total. The first-order valence-corrected chi connectivity index (χ1v) is 9.60. The fourth-order valence-corrected chi connectivity index (χ4v) is 4.81. The Balaban J connectivity index is 1.41. The van der Waals surface area contributed by atoms with Crippen molar-refractivity contribution >= 4 is 23.4 Å². The van der Waals surface area contributed by atoms with Gasteiger partial charge in [-0.3, -0.25) is 14.9 Å². The van der Waals surface area contributed by atoms with Gasteiger partial charge in [0.2, 0.25) is 0 Å². The van der Waals surface area contributed by atoms with Crippen molar-refractivity contribution in [2.75, 3.05) is 6.61 Å². The van der Waals surface area contributed by atoms with Crippen LogP contribution >= 0.6 is 11.6 Å². The molecule has 0 aromatic heterocycles. The summed E-state index contributed by atoms with van der Waals surface area (Å²) in [4.78, 5) is 23.8. The molecule has 3 fully saturated rings. The van der Waals surface area contributed by atoms with Crippen LogP contribution in [-0.4, -0.2) is 40.9 Å². The number of rotatable bonds is 6. The summed E-state index contributed by atoms with van der Waals surface area (Å²) < 4.78 is 46.8. The average molecular weight is 418 g/mol. The lowest BCUT2D eigenvalue weighted by Crippen LogP contribution is -2.33. The van der Waals surface area contributed by atoms with E-state index in [0.29, 0.717) is 12.8 Å². The van der Waals surface area contributed by atoms with E-state index < -0.39 is 52.8 Å². The summed E-state index contributed by atoms with van der Waals surface area (Å²) in [5.41, 5.74) is -1.13. The number of fused-ring (bicyclic) bond motifs is 1. The quantitative estimate of drug-likeness (QED) is 0.422. The SMILES string of the molecule is O=C(O)C1CC(C(=O)c2cccc(OCC3CC4C(C3)C4(F)F)c2F)C(Cl)N1. The topological polar surface area (TPSA) is 75.6 Å². The number of halogens is 4. The molecule has 152 valence electrons. The van der Waals surface area contributed by atoms with Crippen molar-refractivity contribution < 1.29 is 32.6 Å². The Morgan fingerprint density at radius 1 is 1.25 bits per heavy atom. The number of alkyl halides is 3. The first-order chi connectivity index (χ1) is 13.2. The number of ketones is 1. The predicted octanol–water partition coefficient (Wildman–Crippen LogP) is 3.31. The maximum absolute atomic E-state index is 14.8. The number of ether oxygens (including phenoxy) is 1. The Hall–Kier alpha value is -1.80. The van der Waals surface area contributed by atoms with Gasteiger partial charge in [0.15, 0.2) is 17.3 Å². The third kappa shape index (κ3) is 3.26. The largest absolute Gasteiger partial charge is 0.490 e. The summed E-state index contributed by atoms with van der Waals surface area (Å²) in [6, 6.07) is 3.17. The molecule has 5 atom stereocenters. The number of hydrogen-bond donors (Lipinski definition) is 2. The van der Waals surface area contributed by atoms with Crippen LogP contribution in [0, 0.1) is 29.5 Å². The van der Waals surface area contributed by atoms with Crippen LogP contribution in [0.2, 0.25) is 0 Å². The molecule has 0 radical (unpaired) electrons. The second-order valence-corrected chi connectivity index (χ2v) is 8.29. The standard InChI is InChI=1S/C19H19ClF3NO4/c20-17-10(6-13(24-17)18(26)27)16(25)9-2-1-3-14(15(9)21)28-7-8-4-11-12(5-8)19(11,22)23/h1-3,8,10-13,17,24H,4-7H2,(H,26,27). The van der Waals surface area contributed by atoms with Gasteiger partial charge in [-0.15, -0.1) is 11.6 Å². The van der Waals surface area contributed by atoms with Crippen molar-refractivity contribution in [2.24, 2.45) is 23.7 Å². The molecule has 9 heteroatoms. The van der Waals surface area contributed by atoms with Gasteiger partial charge in [0.05, 0.1) is 23.6 Å². The highest BCUT2D eigenvalue weighted by Crippen LogP contribution is 2.65. The number of carboxylic acids is 1. The molecule has 1 heterocycles. The highest BCUT2D eigenvalue weighted by Gasteiger charge is 2.71. The highest BCUT2D eigenvalue weighted by molar-refractivity contribution is 6.23. The summed E-state index contributed by atoms with van der Waals surface area (Å²) in [6.07, 6.45) is 0.679. The minimum atomic E-state index is -2.56. The number of aliphatic carboxylic acids is 1. The van der Waals surface area contributed by atoms with E-state index in [-0.39, 0.29) is 30.3 Å². The molecular weight excluding hydrogens is 399 g/mol. The summed E-state index contributed by atoms with van der Waals surface area (Å²) >= 11 is 6.03. The molecule has 2 aliphatic carbocycles. The second kappa shape index (κ2) is 6.91. The van der Waals surface area contributed by atoms with Crippen molar-refractivity contribution in [3.05, 3.63) is 29.6 Å². The molecule has 3 aliphatic rings. The van der Waals surface area contributed by atoms with Crippen molar-refractivity contribution in [3.63, 3.8) is 0 Å². The fraction of sp³-hybridized carbons (Fsp3) is 0.579. The minimum Gasteiger partial charge on any atom is -0.490 e. The molecule has 2 saturated carbocycles. The van der Waals surface area contributed by atoms with E-state index in [0.717, 1.165) is 0 Å². The average Bonchev–Trinajstić information content (AvgIpc) is 3.05. The van der Waals surface area contributed by atoms with Crippen molar-refractivity contribution in [3.8, 4) is 5.75 Å². The molecule has 2 N–H and O–H groups in total. The first kappa shape index (κ1) is 19.5. The van der Waals surface area contributed by atoms with Gasteiger partial charge < -0.3 is 9.84 Å². The maximum Gasteiger partial charge on any atom is 0.320 e. The van der Waals surface area contributed by atoms with Crippen molar-refractivity contribution in [2.45, 2.75) is 36.7 Å². The number of carbonyl (C=O) groups is 2. The first-order valence-electron chi connectivity index (χ1n) is 9.16. The van der Waals surface area contributed by atoms with Crippen LogP contribution in [0.25, 0.3) is 0 Å². The van der Waals surface area contributed by atoms with Gasteiger partial charge >= 0.3 is 5.97 Å². The lowest BCUT2D eigenvalue weighted by atomic mass is 9.94. The van der Waals surface area contributed by atoms with Crippen LogP contribution in [-0.2, 0) is 4.79 Å². The molecule has 28 heavy (non-hydrogen) atoms. The number of hydrogen-bond acceptors (Lipinski definition) is 4. The number of benzene rings is 1. The van der Waals surface area contributed by atoms with Crippen LogP contribution < -0.4 is 10.1 Å². The molecule has 1 aliphatic heterocycles. The van der Waals surface area contributed by atoms with E-state index in [1.165, 1.54) is 18.2 Å². The summed E-state index contributed by atoms with van der Waals surface area (Å²) in [5, 5.41) is 11.6. The maximum atomic E-state index is 14.8. The van der Waals surface area contributed by atoms with Gasteiger partial charge in [-0.05, 0) is 37.3 Å². The van der Waals surface area contributed by atoms with Crippen molar-refractivity contribution in [1.29, 1.82) is 0 Å². The normalized spacial score (nSPS) is 35.4. The number of Topliss-reactive ketones (excluding diaryl/α,β-unsaturated/α-hetero) is 1. The van der Waals surface area contributed by atoms with Crippen molar-refractivity contribution in [1.82, 2.24) is 5.32 Å². The molecule has 0 amide bonds. The van der Waals surface area contributed by atoms with E-state index in [1.807, 2.05) is 0 Å². The van der Waals surface area contributed by atoms with E-state index >= 15 is 0 Å². The van der Waals surface area contributed by atoms with E-state index in [4.69, 9.17) is 21.4 Å². The monoisotopic (exact) mass is 417 g/mol. The van der Waals surface area contributed by atoms with Crippen LogP contribution in [0.5, 0.6) is 5.75 Å². The van der Waals surface area contributed by atoms with E-state index in [2.05, 4.69) is 5.32 Å². The minimum absolute atomic E-state index is 0.0358. The Labute approximate surface area is 164 Å². The van der Waals surface area contributed by atoms with Gasteiger partial charge in [-0.1, -0.05) is 6.07 Å². The Bertz CT molecular complexity index is 806. The number of carboxylic acid groups (broad SMARTS) is 1. The Morgan fingerprint density at radius 2 is 1.93 bits per heavy atom. The third-order valence-corrected chi connectivity index (χ3v) is 6.51. The van der Waals surface area contributed by atoms with Gasteiger partial charge in [0, 0.05) is 11.8 Å². The zero-order valence-corrected chi connectivity index (χ0v) is 15.5. The molecular formula is C19H19ClF3NO4. The lowest BCUT2D eigenvalue weighted by Gasteiger charge is -2.17. The zero-order valence-electron chi connectivity index (χ0n) is 14.7. The lowest BCUT2D eigenvalue weighted by molar-refractivity contribution is -0.139. The molecule has 1 aromatic rings. The number of carbonyl (C=O) groups excluding carboxylic acids is 1. The Morgan fingerprint density at radius 3 is 2.54 bits per heavy atom. The van der Waals surface area contributed by atoms with Gasteiger partial charge in [0.25, 0.3) is 5.92 Å². The molecule has 0 spiro atoms. The third-order valence-electron chi connectivity index (χ3n) is 6.08. The molecule has 1 aromatic carbocycles. The highest BCUT2D eigenvalue weighted by atomic mass is 35.5. The van der Waals surface area contributed by atoms with Gasteiger partial charge in [-0.2, -0.15) is 0 Å². The van der Waals surface area contributed by atoms with E-state index in [1.54, 1.807) is 0 Å². The molecule has 5 unspecified atom stereocenters. The second-order valence-electron chi connectivity index (χ2n) is 7.82. The summed E-state index contributed by atoms with van der Waals surface area (Å²) in [7, 11) is 0. The predicted molar refractivity (Wildman–Crippen MR) is 93.2 cm³/mol. The van der Waals surface area contributed by atoms with Gasteiger partial charge in [-0.25, -0.2) is 13.2 Å². The zero-order chi connectivity index (χ0) is 20.2. The number of nitrogens with one attached hydrogen (secondary N) is 1. The van der Waals surface area contributed by atoms with Crippen LogP contribution in [0.4, 0.5) is 13.2 Å². The smallest absolute Gasteiger partial charge is 0.320 e. The Kier molecular flexibility index (Phi) is 4.82. The van der Waals surface area contributed by atoms with Crippen LogP contribution in [0.15, 0.2) is 18.2 Å². The summed E-state index contributed by atoms with van der Waals surface area (Å²) in [5.74, 6) is -7.36. The summed E-state index contributed by atoms with van der Waals surface area (Å²) in [6.45, 7) is 0.113. The van der Waals surface area contributed by atoms with E-state index in [9.17, 15) is 22.8 Å². The van der Waals surface area contributed by atoms with Crippen LogP contribution in [0.1, 0.15) is 29.6 Å². The fourth-order valence-electron chi connectivity index (χ4n) is 4.44. The molecule has 1 saturated heterocycles. The molecule has 4 rings (SSSR count). The molecule has 0 bridgehead atoms.